The molecule has 0 aromatic rings. The second kappa shape index (κ2) is 9.44. The van der Waals surface area contributed by atoms with Gasteiger partial charge in [0.05, 0.1) is 12.7 Å². The van der Waals surface area contributed by atoms with Crippen molar-refractivity contribution in [1.82, 2.24) is 5.32 Å². The predicted octanol–water partition coefficient (Wildman–Crippen LogP) is 1.41. The molecule has 0 aliphatic rings. The first kappa shape index (κ1) is 13.9. The summed E-state index contributed by atoms with van der Waals surface area (Å²) in [5.74, 6) is 0.773. The number of aliphatic hydroxyl groups is 1. The third kappa shape index (κ3) is 7.30. The second-order valence-electron chi connectivity index (χ2n) is 3.78. The van der Waals surface area contributed by atoms with Crippen LogP contribution in [0.3, 0.4) is 0 Å². The lowest BCUT2D eigenvalue weighted by Crippen LogP contribution is -2.27. The number of hydrogen-bond acceptors (Lipinski definition) is 3. The van der Waals surface area contributed by atoms with E-state index in [9.17, 15) is 5.11 Å². The maximum atomic E-state index is 9.36. The maximum absolute atomic E-state index is 9.36. The van der Waals surface area contributed by atoms with E-state index in [4.69, 9.17) is 4.74 Å². The van der Waals surface area contributed by atoms with Crippen LogP contribution in [0.2, 0.25) is 0 Å². The first-order valence-corrected chi connectivity index (χ1v) is 5.62. The molecule has 0 saturated carbocycles. The van der Waals surface area contributed by atoms with E-state index < -0.39 is 0 Å². The molecule has 0 spiro atoms. The van der Waals surface area contributed by atoms with Gasteiger partial charge in [-0.15, -0.1) is 0 Å². The summed E-state index contributed by atoms with van der Waals surface area (Å²) in [6.07, 6.45) is 2.90. The molecular weight excluding hydrogens is 178 g/mol. The van der Waals surface area contributed by atoms with Gasteiger partial charge in [-0.25, -0.2) is 0 Å². The highest BCUT2D eigenvalue weighted by Gasteiger charge is 2.04. The molecule has 0 bridgehead atoms. The van der Waals surface area contributed by atoms with Gasteiger partial charge in [0.25, 0.3) is 0 Å². The van der Waals surface area contributed by atoms with Crippen molar-refractivity contribution in [3.63, 3.8) is 0 Å². The Labute approximate surface area is 87.8 Å². The van der Waals surface area contributed by atoms with Crippen molar-refractivity contribution in [3.8, 4) is 0 Å². The summed E-state index contributed by atoms with van der Waals surface area (Å²) >= 11 is 0. The molecule has 3 nitrogen and oxygen atoms in total. The van der Waals surface area contributed by atoms with Crippen LogP contribution in [0.5, 0.6) is 0 Å². The third-order valence-corrected chi connectivity index (χ3v) is 2.60. The van der Waals surface area contributed by atoms with Gasteiger partial charge in [0.2, 0.25) is 0 Å². The molecule has 0 rings (SSSR count). The molecule has 0 aromatic heterocycles. The van der Waals surface area contributed by atoms with E-state index in [0.717, 1.165) is 25.4 Å². The minimum atomic E-state index is -0.325. The molecule has 0 aliphatic carbocycles. The summed E-state index contributed by atoms with van der Waals surface area (Å²) in [4.78, 5) is 0. The molecule has 1 unspecified atom stereocenters. The molecule has 0 amide bonds. The Morgan fingerprint density at radius 3 is 2.43 bits per heavy atom. The van der Waals surface area contributed by atoms with Gasteiger partial charge in [-0.1, -0.05) is 26.7 Å². The van der Waals surface area contributed by atoms with Crippen LogP contribution in [0, 0.1) is 5.92 Å². The van der Waals surface area contributed by atoms with Crippen LogP contribution < -0.4 is 5.32 Å². The number of ether oxygens (including phenoxy) is 1. The van der Waals surface area contributed by atoms with Crippen molar-refractivity contribution in [2.24, 2.45) is 5.92 Å². The molecule has 3 heteroatoms. The molecule has 0 radical (unpaired) electrons. The molecule has 2 N–H and O–H groups in total. The SMILES string of the molecule is CCC(CC)CNCCC(O)COC. The summed E-state index contributed by atoms with van der Waals surface area (Å²) < 4.78 is 4.85. The Bertz CT molecular complexity index is 116. The summed E-state index contributed by atoms with van der Waals surface area (Å²) in [6, 6.07) is 0. The van der Waals surface area contributed by atoms with Crippen molar-refractivity contribution in [3.05, 3.63) is 0 Å². The topological polar surface area (TPSA) is 41.5 Å². The van der Waals surface area contributed by atoms with Gasteiger partial charge in [-0.2, -0.15) is 0 Å². The van der Waals surface area contributed by atoms with Crippen LogP contribution >= 0.6 is 0 Å². The molecule has 86 valence electrons. The zero-order valence-corrected chi connectivity index (χ0v) is 9.75. The van der Waals surface area contributed by atoms with Gasteiger partial charge >= 0.3 is 0 Å². The quantitative estimate of drug-likeness (QED) is 0.557. The highest BCUT2D eigenvalue weighted by molar-refractivity contribution is 4.61. The van der Waals surface area contributed by atoms with Crippen LogP contribution in [-0.4, -0.2) is 38.0 Å². The summed E-state index contributed by atoms with van der Waals surface area (Å²) in [7, 11) is 1.61. The Balaban J connectivity index is 3.27. The van der Waals surface area contributed by atoms with Crippen molar-refractivity contribution in [2.45, 2.75) is 39.2 Å². The lowest BCUT2D eigenvalue weighted by atomic mass is 10.0. The van der Waals surface area contributed by atoms with E-state index in [1.54, 1.807) is 7.11 Å². The number of nitrogens with one attached hydrogen (secondary N) is 1. The predicted molar refractivity (Wildman–Crippen MR) is 59.4 cm³/mol. The van der Waals surface area contributed by atoms with Gasteiger partial charge in [0.15, 0.2) is 0 Å². The van der Waals surface area contributed by atoms with E-state index in [2.05, 4.69) is 19.2 Å². The Morgan fingerprint density at radius 2 is 1.93 bits per heavy atom. The molecule has 0 saturated heterocycles. The monoisotopic (exact) mass is 203 g/mol. The van der Waals surface area contributed by atoms with E-state index in [-0.39, 0.29) is 6.10 Å². The highest BCUT2D eigenvalue weighted by Crippen LogP contribution is 2.04. The molecule has 0 heterocycles. The second-order valence-corrected chi connectivity index (χ2v) is 3.78. The lowest BCUT2D eigenvalue weighted by Gasteiger charge is -2.14. The summed E-state index contributed by atoms with van der Waals surface area (Å²) in [5.41, 5.74) is 0. The average molecular weight is 203 g/mol. The largest absolute Gasteiger partial charge is 0.391 e. The van der Waals surface area contributed by atoms with E-state index in [1.165, 1.54) is 12.8 Å². The molecular formula is C11H25NO2. The minimum absolute atomic E-state index is 0.325. The standard InChI is InChI=1S/C11H25NO2/c1-4-10(5-2)8-12-7-6-11(13)9-14-3/h10-13H,4-9H2,1-3H3. The Kier molecular flexibility index (Phi) is 9.35. The third-order valence-electron chi connectivity index (χ3n) is 2.60. The number of methoxy groups -OCH3 is 1. The lowest BCUT2D eigenvalue weighted by molar-refractivity contribution is 0.0593. The zero-order chi connectivity index (χ0) is 10.8. The van der Waals surface area contributed by atoms with Crippen LogP contribution in [0.25, 0.3) is 0 Å². The number of aliphatic hydroxyl groups excluding tert-OH is 1. The van der Waals surface area contributed by atoms with E-state index >= 15 is 0 Å². The Morgan fingerprint density at radius 1 is 1.29 bits per heavy atom. The summed E-state index contributed by atoms with van der Waals surface area (Å²) in [5, 5.41) is 12.7. The first-order valence-electron chi connectivity index (χ1n) is 5.62. The Hall–Kier alpha value is -0.120. The molecule has 0 fully saturated rings. The van der Waals surface area contributed by atoms with Crippen LogP contribution in [0.4, 0.5) is 0 Å². The fourth-order valence-electron chi connectivity index (χ4n) is 1.43. The van der Waals surface area contributed by atoms with Gasteiger partial charge in [-0.05, 0) is 25.4 Å². The van der Waals surface area contributed by atoms with Gasteiger partial charge in [0, 0.05) is 7.11 Å². The van der Waals surface area contributed by atoms with Gasteiger partial charge in [0.1, 0.15) is 0 Å². The molecule has 1 atom stereocenters. The zero-order valence-electron chi connectivity index (χ0n) is 9.75. The van der Waals surface area contributed by atoms with Crippen LogP contribution in [-0.2, 0) is 4.74 Å². The normalized spacial score (nSPS) is 13.5. The fraction of sp³-hybridized carbons (Fsp3) is 1.00. The van der Waals surface area contributed by atoms with Crippen molar-refractivity contribution in [1.29, 1.82) is 0 Å². The number of rotatable bonds is 9. The minimum Gasteiger partial charge on any atom is -0.391 e. The smallest absolute Gasteiger partial charge is 0.0785 e. The summed E-state index contributed by atoms with van der Waals surface area (Å²) in [6.45, 7) is 6.81. The van der Waals surface area contributed by atoms with E-state index in [1.807, 2.05) is 0 Å². The average Bonchev–Trinajstić information content (AvgIpc) is 2.19. The van der Waals surface area contributed by atoms with Crippen molar-refractivity contribution < 1.29 is 9.84 Å². The van der Waals surface area contributed by atoms with Crippen molar-refractivity contribution >= 4 is 0 Å². The van der Waals surface area contributed by atoms with Gasteiger partial charge < -0.3 is 15.2 Å². The first-order chi connectivity index (χ1) is 6.74. The van der Waals surface area contributed by atoms with Gasteiger partial charge in [-0.3, -0.25) is 0 Å². The van der Waals surface area contributed by atoms with Crippen LogP contribution in [0.1, 0.15) is 33.1 Å². The molecule has 0 aromatic carbocycles. The molecule has 14 heavy (non-hydrogen) atoms. The van der Waals surface area contributed by atoms with Crippen molar-refractivity contribution in [2.75, 3.05) is 26.8 Å². The molecule has 0 aliphatic heterocycles. The van der Waals surface area contributed by atoms with E-state index in [0.29, 0.717) is 6.61 Å². The maximum Gasteiger partial charge on any atom is 0.0785 e. The number of hydrogen-bond donors (Lipinski definition) is 2. The fourth-order valence-corrected chi connectivity index (χ4v) is 1.43. The van der Waals surface area contributed by atoms with Crippen LogP contribution in [0.15, 0.2) is 0 Å². The highest BCUT2D eigenvalue weighted by atomic mass is 16.5.